The lowest BCUT2D eigenvalue weighted by Crippen LogP contribution is -2.32. The molecule has 0 fully saturated rings. The van der Waals surface area contributed by atoms with E-state index < -0.39 is 65.0 Å². The number of Topliss-reactive ketones (excluding diaryl/α,β-unsaturated/α-hetero) is 1. The molecule has 2 aromatic carbocycles. The largest absolute Gasteiger partial charge is 0.478 e. The van der Waals surface area contributed by atoms with E-state index in [1.807, 2.05) is 0 Å². The number of ketones is 1. The second-order valence-corrected chi connectivity index (χ2v) is 10.6. The lowest BCUT2D eigenvalue weighted by Gasteiger charge is -2.31. The molecule has 0 amide bonds. The van der Waals surface area contributed by atoms with Gasteiger partial charge in [0.15, 0.2) is 22.2 Å². The summed E-state index contributed by atoms with van der Waals surface area (Å²) < 4.78 is 74.1. The summed E-state index contributed by atoms with van der Waals surface area (Å²) >= 11 is 0. The molecule has 4 rings (SSSR count). The zero-order chi connectivity index (χ0) is 26.7. The molecule has 0 saturated heterocycles. The molecule has 0 bridgehead atoms. The van der Waals surface area contributed by atoms with Gasteiger partial charge in [0.2, 0.25) is 0 Å². The molecular weight excluding hydrogens is 516 g/mol. The van der Waals surface area contributed by atoms with Crippen LogP contribution in [0.2, 0.25) is 0 Å². The summed E-state index contributed by atoms with van der Waals surface area (Å²) in [5, 5.41) is 9.89. The predicted octanol–water partition coefficient (Wildman–Crippen LogP) is 1.61. The summed E-state index contributed by atoms with van der Waals surface area (Å²) in [5.74, 6) is -3.07. The van der Waals surface area contributed by atoms with Crippen molar-refractivity contribution in [3.63, 3.8) is 0 Å². The number of hydrogen-bond acceptors (Lipinski definition) is 9. The Morgan fingerprint density at radius 3 is 2.19 bits per heavy atom. The van der Waals surface area contributed by atoms with Crippen molar-refractivity contribution in [1.29, 1.82) is 0 Å². The molecule has 12 nitrogen and oxygen atoms in total. The number of nitrogen functional groups attached to an aromatic ring is 1. The number of allylic oxidation sites excluding steroid dienone is 1. The molecule has 1 aliphatic carbocycles. The van der Waals surface area contributed by atoms with E-state index in [4.69, 9.17) is 16.2 Å². The molecule has 0 radical (unpaired) electrons. The summed E-state index contributed by atoms with van der Waals surface area (Å²) in [6.07, 6.45) is 2.53. The van der Waals surface area contributed by atoms with E-state index >= 15 is 0 Å². The molecule has 1 unspecified atom stereocenters. The number of aromatic carboxylic acids is 1. The van der Waals surface area contributed by atoms with Gasteiger partial charge in [-0.1, -0.05) is 24.3 Å². The summed E-state index contributed by atoms with van der Waals surface area (Å²) in [5.41, 5.74) is 10.7. The minimum atomic E-state index is -5.05. The molecule has 0 spiro atoms. The molecular formula is C22H18N2O10S2. The molecule has 1 atom stereocenters. The molecule has 14 heteroatoms. The molecule has 2 aromatic rings. The van der Waals surface area contributed by atoms with Crippen LogP contribution >= 0.6 is 0 Å². The highest BCUT2D eigenvalue weighted by atomic mass is 32.2. The standard InChI is InChI=1S/C22H18N2O10S2/c1-9(25)10-2-3-11(14(8-10)22(26)27)17-12-4-6-15(23)20(35(28,29)30)18(12)34-19-13(17)5-7-16(24)21(19)36(31,32)33/h2-8,15H,23-24H2,1H3,(H,26,27)(H,28,29,30)(H,31,32,33). The van der Waals surface area contributed by atoms with Crippen LogP contribution in [-0.4, -0.2) is 48.8 Å². The number of rotatable bonds is 5. The first-order valence-corrected chi connectivity index (χ1v) is 12.9. The second kappa shape index (κ2) is 8.39. The Morgan fingerprint density at radius 1 is 1.00 bits per heavy atom. The predicted molar refractivity (Wildman–Crippen MR) is 126 cm³/mol. The van der Waals surface area contributed by atoms with Crippen LogP contribution in [0.25, 0.3) is 5.57 Å². The highest BCUT2D eigenvalue weighted by molar-refractivity contribution is 7.90. The van der Waals surface area contributed by atoms with E-state index in [0.29, 0.717) is 0 Å². The van der Waals surface area contributed by atoms with Gasteiger partial charge < -0.3 is 21.3 Å². The Bertz CT molecular complexity index is 1680. The van der Waals surface area contributed by atoms with Gasteiger partial charge in [0.25, 0.3) is 20.2 Å². The van der Waals surface area contributed by atoms with Gasteiger partial charge in [-0.25, -0.2) is 4.79 Å². The maximum atomic E-state index is 12.2. The monoisotopic (exact) mass is 534 g/mol. The average molecular weight is 535 g/mol. The zero-order valence-electron chi connectivity index (χ0n) is 18.3. The molecule has 36 heavy (non-hydrogen) atoms. The fourth-order valence-electron chi connectivity index (χ4n) is 4.08. The Hall–Kier alpha value is -3.82. The first-order chi connectivity index (χ1) is 16.6. The van der Waals surface area contributed by atoms with E-state index in [1.165, 1.54) is 37.3 Å². The van der Waals surface area contributed by atoms with Gasteiger partial charge >= 0.3 is 5.97 Å². The topological polar surface area (TPSA) is 224 Å². The average Bonchev–Trinajstić information content (AvgIpc) is 2.74. The summed E-state index contributed by atoms with van der Waals surface area (Å²) in [6.45, 7) is 1.23. The quantitative estimate of drug-likeness (QED) is 0.209. The molecule has 1 heterocycles. The van der Waals surface area contributed by atoms with Gasteiger partial charge in [-0.3, -0.25) is 13.9 Å². The van der Waals surface area contributed by atoms with Crippen LogP contribution < -0.4 is 16.2 Å². The number of carboxylic acid groups (broad SMARTS) is 1. The van der Waals surface area contributed by atoms with Crippen LogP contribution in [0.4, 0.5) is 5.69 Å². The van der Waals surface area contributed by atoms with Gasteiger partial charge in [0.1, 0.15) is 4.91 Å². The minimum Gasteiger partial charge on any atom is -0.478 e. The molecule has 0 saturated carbocycles. The van der Waals surface area contributed by atoms with E-state index in [9.17, 15) is 40.6 Å². The Labute approximate surface area is 204 Å². The Morgan fingerprint density at radius 2 is 1.64 bits per heavy atom. The number of carbonyl (C=O) groups is 2. The van der Waals surface area contributed by atoms with Gasteiger partial charge in [0, 0.05) is 22.3 Å². The lowest BCUT2D eigenvalue weighted by atomic mass is 9.84. The lowest BCUT2D eigenvalue weighted by molar-refractivity contribution is 0.0696. The third kappa shape index (κ3) is 4.10. The molecule has 7 N–H and O–H groups in total. The van der Waals surface area contributed by atoms with Crippen LogP contribution in [0.15, 0.2) is 63.6 Å². The van der Waals surface area contributed by atoms with E-state index in [2.05, 4.69) is 0 Å². The summed E-state index contributed by atoms with van der Waals surface area (Å²) in [7, 11) is -10.1. The normalized spacial score (nSPS) is 17.4. The Kier molecular flexibility index (Phi) is 5.89. The van der Waals surface area contributed by atoms with Gasteiger partial charge in [-0.05, 0) is 30.7 Å². The third-order valence-corrected chi connectivity index (χ3v) is 7.54. The fourth-order valence-corrected chi connectivity index (χ4v) is 5.64. The van der Waals surface area contributed by atoms with Crippen molar-refractivity contribution in [3.8, 4) is 5.75 Å². The first-order valence-electron chi connectivity index (χ1n) is 9.99. The van der Waals surface area contributed by atoms with E-state index in [1.54, 1.807) is 0 Å². The van der Waals surface area contributed by atoms with Crippen LogP contribution in [0.5, 0.6) is 5.75 Å². The maximum absolute atomic E-state index is 12.2. The summed E-state index contributed by atoms with van der Waals surface area (Å²) in [6, 6.07) is 4.74. The smallest absolute Gasteiger partial charge is 0.336 e. The van der Waals surface area contributed by atoms with Gasteiger partial charge in [-0.15, -0.1) is 0 Å². The fraction of sp³-hybridized carbons (Fsp3) is 0.0909. The third-order valence-electron chi connectivity index (χ3n) is 5.59. The number of hydrogen-bond donors (Lipinski definition) is 5. The highest BCUT2D eigenvalue weighted by Gasteiger charge is 2.39. The van der Waals surface area contributed by atoms with Crippen molar-refractivity contribution in [3.05, 3.63) is 81.0 Å². The number of ether oxygens (including phenoxy) is 1. The minimum absolute atomic E-state index is 0.0343. The van der Waals surface area contributed by atoms with Crippen LogP contribution in [-0.2, 0) is 20.2 Å². The molecule has 1 aliphatic heterocycles. The first kappa shape index (κ1) is 25.3. The number of carbonyl (C=O) groups excluding carboxylic acids is 1. The summed E-state index contributed by atoms with van der Waals surface area (Å²) in [4.78, 5) is 22.3. The van der Waals surface area contributed by atoms with Crippen LogP contribution in [0.3, 0.4) is 0 Å². The zero-order valence-corrected chi connectivity index (χ0v) is 19.9. The van der Waals surface area contributed by atoms with E-state index in [0.717, 1.165) is 12.1 Å². The maximum Gasteiger partial charge on any atom is 0.336 e. The Balaban J connectivity index is 2.24. The number of nitrogens with two attached hydrogens (primary N) is 2. The van der Waals surface area contributed by atoms with Crippen LogP contribution in [0.1, 0.15) is 38.8 Å². The molecule has 0 aromatic heterocycles. The SMILES string of the molecule is CC(=O)c1ccc(C2=C3C=CC(N)C(S(=O)(=O)O)=C3Oc3c2ccc(N)c3S(=O)(=O)O)c(C(=O)O)c1. The number of fused-ring (bicyclic) bond motifs is 2. The number of anilines is 1. The van der Waals surface area contributed by atoms with Crippen LogP contribution in [0, 0.1) is 0 Å². The molecule has 2 aliphatic rings. The molecule has 188 valence electrons. The van der Waals surface area contributed by atoms with Crippen molar-refractivity contribution in [2.24, 2.45) is 5.73 Å². The number of carboxylic acids is 1. The van der Waals surface area contributed by atoms with E-state index in [-0.39, 0.29) is 33.4 Å². The van der Waals surface area contributed by atoms with Crippen molar-refractivity contribution >= 4 is 43.2 Å². The number of benzene rings is 2. The highest BCUT2D eigenvalue weighted by Crippen LogP contribution is 2.49. The van der Waals surface area contributed by atoms with Gasteiger partial charge in [-0.2, -0.15) is 16.8 Å². The van der Waals surface area contributed by atoms with Crippen molar-refractivity contribution in [1.82, 2.24) is 0 Å². The second-order valence-electron chi connectivity index (χ2n) is 7.90. The van der Waals surface area contributed by atoms with Gasteiger partial charge in [0.05, 0.1) is 17.3 Å². The van der Waals surface area contributed by atoms with Crippen molar-refractivity contribution in [2.75, 3.05) is 5.73 Å². The van der Waals surface area contributed by atoms with Crippen molar-refractivity contribution in [2.45, 2.75) is 17.9 Å². The van der Waals surface area contributed by atoms with Crippen molar-refractivity contribution < 1.29 is 45.4 Å².